The van der Waals surface area contributed by atoms with Crippen LogP contribution in [0.1, 0.15) is 16.1 Å². The summed E-state index contributed by atoms with van der Waals surface area (Å²) in [6.45, 7) is 1.61. The lowest BCUT2D eigenvalue weighted by Gasteiger charge is -2.06. The van der Waals surface area contributed by atoms with Crippen molar-refractivity contribution < 1.29 is 18.8 Å². The summed E-state index contributed by atoms with van der Waals surface area (Å²) in [5, 5.41) is 17.6. The molecule has 0 saturated carbocycles. The van der Waals surface area contributed by atoms with Gasteiger partial charge in [0.15, 0.2) is 5.69 Å². The number of benzene rings is 2. The Labute approximate surface area is 153 Å². The van der Waals surface area contributed by atoms with Crippen LogP contribution in [-0.2, 0) is 7.05 Å². The van der Waals surface area contributed by atoms with E-state index >= 15 is 0 Å². The molecule has 2 aromatic carbocycles. The van der Waals surface area contributed by atoms with E-state index in [1.54, 1.807) is 14.0 Å². The second kappa shape index (κ2) is 7.24. The van der Waals surface area contributed by atoms with Crippen LogP contribution < -0.4 is 10.1 Å². The molecule has 3 aromatic rings. The van der Waals surface area contributed by atoms with Crippen molar-refractivity contribution in [2.45, 2.75) is 6.92 Å². The van der Waals surface area contributed by atoms with Gasteiger partial charge in [0.1, 0.15) is 11.6 Å². The van der Waals surface area contributed by atoms with Crippen LogP contribution in [0.3, 0.4) is 0 Å². The molecule has 0 spiro atoms. The SMILES string of the molecule is Cc1cc(Oc2cc(C(=O)Nc3ccc(F)cc3)nn2C)ccc1[N+](=O)[O-]. The molecule has 0 aliphatic rings. The molecule has 0 bridgehead atoms. The van der Waals surface area contributed by atoms with Gasteiger partial charge in [0.2, 0.25) is 5.88 Å². The van der Waals surface area contributed by atoms with E-state index in [0.29, 0.717) is 17.0 Å². The molecule has 0 aliphatic heterocycles. The van der Waals surface area contributed by atoms with Crippen LogP contribution in [0.15, 0.2) is 48.5 Å². The number of ether oxygens (including phenoxy) is 1. The summed E-state index contributed by atoms with van der Waals surface area (Å²) in [5.41, 5.74) is 0.983. The predicted molar refractivity (Wildman–Crippen MR) is 95.5 cm³/mol. The minimum Gasteiger partial charge on any atom is -0.439 e. The minimum atomic E-state index is -0.480. The number of nitro groups is 1. The average molecular weight is 370 g/mol. The molecule has 0 fully saturated rings. The number of carbonyl (C=O) groups is 1. The van der Waals surface area contributed by atoms with Crippen LogP contribution in [0.4, 0.5) is 15.8 Å². The number of hydrogen-bond acceptors (Lipinski definition) is 5. The summed E-state index contributed by atoms with van der Waals surface area (Å²) in [5.74, 6) is -0.217. The summed E-state index contributed by atoms with van der Waals surface area (Å²) in [7, 11) is 1.60. The van der Waals surface area contributed by atoms with E-state index in [9.17, 15) is 19.3 Å². The molecule has 1 heterocycles. The molecule has 3 rings (SSSR count). The van der Waals surface area contributed by atoms with Crippen molar-refractivity contribution in [3.8, 4) is 11.6 Å². The van der Waals surface area contributed by atoms with Crippen LogP contribution >= 0.6 is 0 Å². The fourth-order valence-electron chi connectivity index (χ4n) is 2.40. The highest BCUT2D eigenvalue weighted by atomic mass is 19.1. The number of aromatic nitrogens is 2. The van der Waals surface area contributed by atoms with Crippen molar-refractivity contribution in [2.75, 3.05) is 5.32 Å². The highest BCUT2D eigenvalue weighted by molar-refractivity contribution is 6.03. The van der Waals surface area contributed by atoms with Gasteiger partial charge < -0.3 is 10.1 Å². The first-order chi connectivity index (χ1) is 12.8. The van der Waals surface area contributed by atoms with Gasteiger partial charge in [-0.1, -0.05) is 0 Å². The summed E-state index contributed by atoms with van der Waals surface area (Å²) >= 11 is 0. The Morgan fingerprint density at radius 2 is 1.93 bits per heavy atom. The second-order valence-corrected chi connectivity index (χ2v) is 5.76. The maximum atomic E-state index is 12.9. The number of rotatable bonds is 5. The summed E-state index contributed by atoms with van der Waals surface area (Å²) in [4.78, 5) is 22.7. The van der Waals surface area contributed by atoms with Crippen LogP contribution in [0, 0.1) is 22.9 Å². The van der Waals surface area contributed by atoms with Gasteiger partial charge in [-0.25, -0.2) is 9.07 Å². The highest BCUT2D eigenvalue weighted by Gasteiger charge is 2.16. The van der Waals surface area contributed by atoms with Crippen LogP contribution in [0.2, 0.25) is 0 Å². The number of amides is 1. The van der Waals surface area contributed by atoms with Crippen molar-refractivity contribution in [3.05, 3.63) is 75.7 Å². The monoisotopic (exact) mass is 370 g/mol. The van der Waals surface area contributed by atoms with Gasteiger partial charge in [0.05, 0.1) is 4.92 Å². The Bertz CT molecular complexity index is 1010. The first-order valence-electron chi connectivity index (χ1n) is 7.87. The molecule has 27 heavy (non-hydrogen) atoms. The van der Waals surface area contributed by atoms with Gasteiger partial charge in [-0.15, -0.1) is 0 Å². The zero-order valence-corrected chi connectivity index (χ0v) is 14.5. The third-order valence-corrected chi connectivity index (χ3v) is 3.76. The van der Waals surface area contributed by atoms with E-state index in [0.717, 1.165) is 0 Å². The normalized spacial score (nSPS) is 10.5. The molecule has 138 valence electrons. The van der Waals surface area contributed by atoms with E-state index in [1.807, 2.05) is 0 Å². The summed E-state index contributed by atoms with van der Waals surface area (Å²) in [6, 6.07) is 11.1. The first-order valence-corrected chi connectivity index (χ1v) is 7.87. The molecule has 0 aliphatic carbocycles. The number of anilines is 1. The molecular weight excluding hydrogens is 355 g/mol. The van der Waals surface area contributed by atoms with Gasteiger partial charge >= 0.3 is 0 Å². The Morgan fingerprint density at radius 3 is 2.56 bits per heavy atom. The topological polar surface area (TPSA) is 99.3 Å². The maximum absolute atomic E-state index is 12.9. The lowest BCUT2D eigenvalue weighted by Crippen LogP contribution is -2.12. The molecule has 1 N–H and O–H groups in total. The van der Waals surface area contributed by atoms with Crippen molar-refractivity contribution >= 4 is 17.3 Å². The summed E-state index contributed by atoms with van der Waals surface area (Å²) in [6.07, 6.45) is 0. The minimum absolute atomic E-state index is 0.00767. The number of hydrogen-bond donors (Lipinski definition) is 1. The van der Waals surface area contributed by atoms with Gasteiger partial charge in [-0.2, -0.15) is 5.10 Å². The Morgan fingerprint density at radius 1 is 1.22 bits per heavy atom. The van der Waals surface area contributed by atoms with E-state index in [1.165, 1.54) is 53.2 Å². The third-order valence-electron chi connectivity index (χ3n) is 3.76. The number of nitrogens with zero attached hydrogens (tertiary/aromatic N) is 3. The van der Waals surface area contributed by atoms with Gasteiger partial charge in [0.25, 0.3) is 11.6 Å². The predicted octanol–water partition coefficient (Wildman–Crippen LogP) is 3.82. The molecular formula is C18H15FN4O4. The van der Waals surface area contributed by atoms with Crippen LogP contribution in [0.25, 0.3) is 0 Å². The molecule has 0 radical (unpaired) electrons. The quantitative estimate of drug-likeness (QED) is 0.544. The van der Waals surface area contributed by atoms with Gasteiger partial charge in [0, 0.05) is 30.4 Å². The number of halogens is 1. The van der Waals surface area contributed by atoms with Crippen LogP contribution in [0.5, 0.6) is 11.6 Å². The molecule has 0 saturated heterocycles. The Hall–Kier alpha value is -3.75. The number of nitro benzene ring substituents is 1. The molecule has 1 aromatic heterocycles. The molecule has 0 unspecified atom stereocenters. The lowest BCUT2D eigenvalue weighted by atomic mass is 10.2. The fourth-order valence-corrected chi connectivity index (χ4v) is 2.40. The lowest BCUT2D eigenvalue weighted by molar-refractivity contribution is -0.385. The fraction of sp³-hybridized carbons (Fsp3) is 0.111. The Kier molecular flexibility index (Phi) is 4.84. The van der Waals surface area contributed by atoms with E-state index in [-0.39, 0.29) is 17.3 Å². The third kappa shape index (κ3) is 4.09. The van der Waals surface area contributed by atoms with Crippen molar-refractivity contribution in [1.82, 2.24) is 9.78 Å². The summed E-state index contributed by atoms with van der Waals surface area (Å²) < 4.78 is 20.0. The maximum Gasteiger partial charge on any atom is 0.276 e. The smallest absolute Gasteiger partial charge is 0.276 e. The standard InChI is InChI=1S/C18H15FN4O4/c1-11-9-14(7-8-16(11)23(25)26)27-17-10-15(21-22(17)2)18(24)20-13-5-3-12(19)4-6-13/h3-10H,1-2H3,(H,20,24). The highest BCUT2D eigenvalue weighted by Crippen LogP contribution is 2.27. The van der Waals surface area contributed by atoms with Gasteiger partial charge in [-0.3, -0.25) is 14.9 Å². The first kappa shape index (κ1) is 18.1. The van der Waals surface area contributed by atoms with Crippen molar-refractivity contribution in [2.24, 2.45) is 7.05 Å². The molecule has 9 heteroatoms. The number of aryl methyl sites for hydroxylation is 2. The van der Waals surface area contributed by atoms with Crippen molar-refractivity contribution in [3.63, 3.8) is 0 Å². The van der Waals surface area contributed by atoms with Crippen molar-refractivity contribution in [1.29, 1.82) is 0 Å². The average Bonchev–Trinajstić information content (AvgIpc) is 2.97. The Balaban J connectivity index is 1.76. The number of nitrogens with one attached hydrogen (secondary N) is 1. The second-order valence-electron chi connectivity index (χ2n) is 5.76. The number of carbonyl (C=O) groups excluding carboxylic acids is 1. The zero-order valence-electron chi connectivity index (χ0n) is 14.5. The molecule has 8 nitrogen and oxygen atoms in total. The van der Waals surface area contributed by atoms with E-state index < -0.39 is 16.6 Å². The molecule has 1 amide bonds. The van der Waals surface area contributed by atoms with Gasteiger partial charge in [-0.05, 0) is 43.3 Å². The zero-order chi connectivity index (χ0) is 19.6. The largest absolute Gasteiger partial charge is 0.439 e. The van der Waals surface area contributed by atoms with E-state index in [4.69, 9.17) is 4.74 Å². The molecule has 0 atom stereocenters. The van der Waals surface area contributed by atoms with Crippen LogP contribution in [-0.4, -0.2) is 20.6 Å². The van der Waals surface area contributed by atoms with E-state index in [2.05, 4.69) is 10.4 Å².